The second kappa shape index (κ2) is 11.9. The normalized spacial score (nSPS) is 11.5. The Morgan fingerprint density at radius 3 is 1.24 bits per heavy atom. The molecule has 0 N–H and O–H groups in total. The van der Waals surface area contributed by atoms with Crippen LogP contribution in [-0.4, -0.2) is 6.16 Å². The highest BCUT2D eigenvalue weighted by molar-refractivity contribution is 7.73. The van der Waals surface area contributed by atoms with Gasteiger partial charge in [0, 0.05) is 7.26 Å². The maximum Gasteiger partial charge on any atom is 0.0849 e. The monoisotopic (exact) mass is 403 g/mol. The van der Waals surface area contributed by atoms with Gasteiger partial charge in [-0.1, -0.05) is 117 Å². The highest BCUT2D eigenvalue weighted by Crippen LogP contribution is 2.67. The maximum atomic E-state index is 2.34. The molecule has 0 atom stereocenters. The summed E-state index contributed by atoms with van der Waals surface area (Å²) in [6.45, 7) is 2.30. The molecule has 0 saturated carbocycles. The molecule has 29 heavy (non-hydrogen) atoms. The molecule has 3 rings (SSSR count). The van der Waals surface area contributed by atoms with Crippen LogP contribution in [0.4, 0.5) is 0 Å². The summed E-state index contributed by atoms with van der Waals surface area (Å²) in [6, 6.07) is 33.7. The predicted molar refractivity (Wildman–Crippen MR) is 131 cm³/mol. The van der Waals surface area contributed by atoms with Crippen molar-refractivity contribution in [2.45, 2.75) is 57.5 Å². The number of benzene rings is 3. The van der Waals surface area contributed by atoms with E-state index < -0.39 is 7.26 Å². The molecule has 0 radical (unpaired) electrons. The molecular formula is C28H36P+. The van der Waals surface area contributed by atoms with Crippen LogP contribution in [0.15, 0.2) is 91.0 Å². The van der Waals surface area contributed by atoms with E-state index in [1.165, 1.54) is 73.4 Å². The molecule has 3 aromatic rings. The topological polar surface area (TPSA) is 0 Å². The Bertz CT molecular complexity index is 694. The third-order valence-electron chi connectivity index (χ3n) is 5.82. The van der Waals surface area contributed by atoms with Crippen LogP contribution < -0.4 is 0 Å². The zero-order chi connectivity index (χ0) is 20.2. The summed E-state index contributed by atoms with van der Waals surface area (Å²) in [5, 5.41) is 0. The SMILES string of the molecule is CCCCCCC[P+](Cc1ccccc1)(Cc1ccccc1)Cc1ccccc1. The van der Waals surface area contributed by atoms with Gasteiger partial charge in [0.1, 0.15) is 0 Å². The van der Waals surface area contributed by atoms with Crippen molar-refractivity contribution in [1.82, 2.24) is 0 Å². The van der Waals surface area contributed by atoms with Crippen molar-refractivity contribution in [3.05, 3.63) is 108 Å². The van der Waals surface area contributed by atoms with Gasteiger partial charge in [0.15, 0.2) is 0 Å². The zero-order valence-electron chi connectivity index (χ0n) is 18.0. The molecular weight excluding hydrogens is 367 g/mol. The van der Waals surface area contributed by atoms with Crippen LogP contribution in [0, 0.1) is 0 Å². The Hall–Kier alpha value is -1.91. The molecule has 0 bridgehead atoms. The molecule has 3 aromatic carbocycles. The Morgan fingerprint density at radius 1 is 0.483 bits per heavy atom. The Morgan fingerprint density at radius 2 is 0.862 bits per heavy atom. The van der Waals surface area contributed by atoms with Crippen LogP contribution in [0.5, 0.6) is 0 Å². The molecule has 0 aliphatic carbocycles. The van der Waals surface area contributed by atoms with Crippen molar-refractivity contribution in [3.63, 3.8) is 0 Å². The minimum Gasteiger partial charge on any atom is -0.0654 e. The largest absolute Gasteiger partial charge is 0.0849 e. The Labute approximate surface area is 178 Å². The van der Waals surface area contributed by atoms with E-state index in [9.17, 15) is 0 Å². The number of unbranched alkanes of at least 4 members (excludes halogenated alkanes) is 4. The van der Waals surface area contributed by atoms with E-state index in [0.717, 1.165) is 0 Å². The first-order valence-corrected chi connectivity index (χ1v) is 13.8. The molecule has 0 fully saturated rings. The van der Waals surface area contributed by atoms with Gasteiger partial charge in [0.2, 0.25) is 0 Å². The summed E-state index contributed by atoms with van der Waals surface area (Å²) in [7, 11) is -1.21. The molecule has 0 amide bonds. The van der Waals surface area contributed by atoms with Crippen molar-refractivity contribution in [2.24, 2.45) is 0 Å². The highest BCUT2D eigenvalue weighted by Gasteiger charge is 2.37. The van der Waals surface area contributed by atoms with Crippen LogP contribution in [-0.2, 0) is 18.5 Å². The van der Waals surface area contributed by atoms with Gasteiger partial charge in [0.25, 0.3) is 0 Å². The van der Waals surface area contributed by atoms with Gasteiger partial charge in [-0.3, -0.25) is 0 Å². The number of hydrogen-bond acceptors (Lipinski definition) is 0. The lowest BCUT2D eigenvalue weighted by Gasteiger charge is -2.29. The molecule has 0 spiro atoms. The quantitative estimate of drug-likeness (QED) is 0.210. The van der Waals surface area contributed by atoms with E-state index >= 15 is 0 Å². The van der Waals surface area contributed by atoms with Gasteiger partial charge in [-0.2, -0.15) is 0 Å². The summed E-state index contributed by atoms with van der Waals surface area (Å²) < 4.78 is 0. The first-order chi connectivity index (χ1) is 14.3. The van der Waals surface area contributed by atoms with Gasteiger partial charge in [-0.15, -0.1) is 0 Å². The molecule has 0 aliphatic heterocycles. The van der Waals surface area contributed by atoms with Gasteiger partial charge in [0.05, 0.1) is 24.6 Å². The Kier molecular flexibility index (Phi) is 8.97. The third kappa shape index (κ3) is 7.45. The van der Waals surface area contributed by atoms with E-state index in [-0.39, 0.29) is 0 Å². The third-order valence-corrected chi connectivity index (χ3v) is 10.2. The summed E-state index contributed by atoms with van der Waals surface area (Å²) in [5.74, 6) is 0. The van der Waals surface area contributed by atoms with Gasteiger partial charge < -0.3 is 0 Å². The summed E-state index contributed by atoms with van der Waals surface area (Å²) in [5.41, 5.74) is 4.55. The standard InChI is InChI=1S/C28H36P/c1-2-3-4-5-15-22-29(23-26-16-9-6-10-17-26,24-27-18-11-7-12-19-27)25-28-20-13-8-14-21-28/h6-14,16-21H,2-5,15,22-25H2,1H3/q+1. The number of rotatable bonds is 12. The van der Waals surface area contributed by atoms with Gasteiger partial charge in [-0.25, -0.2) is 0 Å². The molecule has 0 aromatic heterocycles. The van der Waals surface area contributed by atoms with Crippen LogP contribution in [0.25, 0.3) is 0 Å². The fraction of sp³-hybridized carbons (Fsp3) is 0.357. The smallest absolute Gasteiger partial charge is 0.0654 e. The van der Waals surface area contributed by atoms with E-state index in [1.54, 1.807) is 0 Å². The molecule has 0 heterocycles. The average molecular weight is 404 g/mol. The summed E-state index contributed by atoms with van der Waals surface area (Å²) in [6.07, 6.45) is 12.0. The molecule has 1 heteroatoms. The maximum absolute atomic E-state index is 2.34. The predicted octanol–water partition coefficient (Wildman–Crippen LogP) is 8.58. The van der Waals surface area contributed by atoms with E-state index in [1.807, 2.05) is 0 Å². The van der Waals surface area contributed by atoms with Crippen LogP contribution in [0.3, 0.4) is 0 Å². The zero-order valence-corrected chi connectivity index (χ0v) is 18.9. The van der Waals surface area contributed by atoms with Crippen molar-refractivity contribution in [1.29, 1.82) is 0 Å². The van der Waals surface area contributed by atoms with Crippen molar-refractivity contribution in [3.8, 4) is 0 Å². The van der Waals surface area contributed by atoms with E-state index in [4.69, 9.17) is 0 Å². The second-order valence-corrected chi connectivity index (χ2v) is 12.5. The van der Waals surface area contributed by atoms with Crippen molar-refractivity contribution < 1.29 is 0 Å². The Balaban J connectivity index is 1.87. The summed E-state index contributed by atoms with van der Waals surface area (Å²) >= 11 is 0. The van der Waals surface area contributed by atoms with Crippen molar-refractivity contribution in [2.75, 3.05) is 6.16 Å². The first kappa shape index (κ1) is 21.8. The lowest BCUT2D eigenvalue weighted by molar-refractivity contribution is 0.656. The minimum absolute atomic E-state index is 1.21. The van der Waals surface area contributed by atoms with Crippen LogP contribution in [0.2, 0.25) is 0 Å². The summed E-state index contributed by atoms with van der Waals surface area (Å²) in [4.78, 5) is 0. The lowest BCUT2D eigenvalue weighted by atomic mass is 10.2. The molecule has 152 valence electrons. The fourth-order valence-electron chi connectivity index (χ4n) is 4.37. The first-order valence-electron chi connectivity index (χ1n) is 11.3. The van der Waals surface area contributed by atoms with E-state index in [2.05, 4.69) is 97.9 Å². The second-order valence-electron chi connectivity index (χ2n) is 8.41. The molecule has 0 saturated heterocycles. The van der Waals surface area contributed by atoms with Crippen LogP contribution >= 0.6 is 7.26 Å². The van der Waals surface area contributed by atoms with Gasteiger partial charge in [-0.05, 0) is 29.5 Å². The minimum atomic E-state index is -1.21. The lowest BCUT2D eigenvalue weighted by Crippen LogP contribution is -2.09. The van der Waals surface area contributed by atoms with Gasteiger partial charge >= 0.3 is 0 Å². The fourth-order valence-corrected chi connectivity index (χ4v) is 9.03. The molecule has 0 aliphatic rings. The molecule has 0 unspecified atom stereocenters. The number of hydrogen-bond donors (Lipinski definition) is 0. The van der Waals surface area contributed by atoms with Crippen LogP contribution in [0.1, 0.15) is 55.7 Å². The van der Waals surface area contributed by atoms with Crippen molar-refractivity contribution >= 4 is 7.26 Å². The highest BCUT2D eigenvalue weighted by atomic mass is 31.2. The average Bonchev–Trinajstić information content (AvgIpc) is 2.76. The molecule has 0 nitrogen and oxygen atoms in total. The van der Waals surface area contributed by atoms with E-state index in [0.29, 0.717) is 0 Å².